The van der Waals surface area contributed by atoms with Crippen LogP contribution >= 0.6 is 0 Å². The number of nitrogens with one attached hydrogen (secondary N) is 1. The van der Waals surface area contributed by atoms with Gasteiger partial charge in [0.15, 0.2) is 0 Å². The Morgan fingerprint density at radius 3 is 2.19 bits per heavy atom. The average molecular weight is 453 g/mol. The Hall–Kier alpha value is -3.32. The molecule has 0 aromatic heterocycles. The number of benzene rings is 3. The molecule has 6 nitrogen and oxygen atoms in total. The van der Waals surface area contributed by atoms with Gasteiger partial charge in [0.1, 0.15) is 18.9 Å². The number of nitrogens with zero attached hydrogens (tertiary/aromatic N) is 1. The normalized spacial score (nSPS) is 12.1. The molecular weight excluding hydrogens is 424 g/mol. The van der Waals surface area contributed by atoms with Crippen LogP contribution in [-0.2, 0) is 21.4 Å². The fraction of sp³-hybridized carbons (Fsp3) is 0.240. The Kier molecular flexibility index (Phi) is 7.53. The van der Waals surface area contributed by atoms with E-state index in [2.05, 4.69) is 5.32 Å². The third-order valence-electron chi connectivity index (χ3n) is 5.02. The van der Waals surface area contributed by atoms with Crippen molar-refractivity contribution in [2.24, 2.45) is 0 Å². The molecule has 3 rings (SSSR count). The molecule has 0 aliphatic carbocycles. The predicted octanol–water partition coefficient (Wildman–Crippen LogP) is 4.22. The molecule has 1 atom stereocenters. The predicted molar refractivity (Wildman–Crippen MR) is 127 cm³/mol. The molecule has 3 aromatic rings. The van der Waals surface area contributed by atoms with E-state index in [4.69, 9.17) is 4.74 Å². The minimum Gasteiger partial charge on any atom is -0.489 e. The Labute approximate surface area is 189 Å². The van der Waals surface area contributed by atoms with Gasteiger partial charge in [-0.2, -0.15) is 0 Å². The number of carbonyl (C=O) groups is 1. The summed E-state index contributed by atoms with van der Waals surface area (Å²) in [5, 5.41) is 2.87. The first-order valence-corrected chi connectivity index (χ1v) is 12.2. The van der Waals surface area contributed by atoms with Crippen LogP contribution in [0, 0.1) is 6.92 Å². The topological polar surface area (TPSA) is 75.7 Å². The molecule has 32 heavy (non-hydrogen) atoms. The van der Waals surface area contributed by atoms with Crippen molar-refractivity contribution in [3.63, 3.8) is 0 Å². The molecule has 0 heterocycles. The van der Waals surface area contributed by atoms with Gasteiger partial charge >= 0.3 is 0 Å². The molecule has 1 amide bonds. The Bertz CT molecular complexity index is 1130. The first-order chi connectivity index (χ1) is 15.2. The molecule has 0 aliphatic rings. The van der Waals surface area contributed by atoms with Crippen molar-refractivity contribution in [2.45, 2.75) is 26.5 Å². The first-order valence-electron chi connectivity index (χ1n) is 10.3. The number of amides is 1. The third kappa shape index (κ3) is 6.59. The number of hydrogen-bond acceptors (Lipinski definition) is 4. The average Bonchev–Trinajstić information content (AvgIpc) is 2.77. The van der Waals surface area contributed by atoms with E-state index in [0.717, 1.165) is 27.3 Å². The van der Waals surface area contributed by atoms with Crippen LogP contribution in [0.2, 0.25) is 0 Å². The number of aryl methyl sites for hydroxylation is 1. The van der Waals surface area contributed by atoms with Crippen molar-refractivity contribution in [3.8, 4) is 5.75 Å². The molecule has 0 fully saturated rings. The molecule has 0 aliphatic heterocycles. The van der Waals surface area contributed by atoms with Crippen LogP contribution in [0.15, 0.2) is 78.9 Å². The highest BCUT2D eigenvalue weighted by Crippen LogP contribution is 2.22. The van der Waals surface area contributed by atoms with E-state index in [1.165, 1.54) is 0 Å². The summed E-state index contributed by atoms with van der Waals surface area (Å²) in [6.45, 7) is 3.97. The highest BCUT2D eigenvalue weighted by molar-refractivity contribution is 7.92. The maximum atomic E-state index is 12.6. The van der Waals surface area contributed by atoms with Crippen LogP contribution in [-0.4, -0.2) is 27.1 Å². The molecule has 0 saturated carbocycles. The lowest BCUT2D eigenvalue weighted by molar-refractivity contribution is -0.120. The number of ether oxygens (including phenoxy) is 1. The summed E-state index contributed by atoms with van der Waals surface area (Å²) in [7, 11) is -3.66. The second kappa shape index (κ2) is 10.3. The number of carbonyl (C=O) groups excluding carboxylic acids is 1. The third-order valence-corrected chi connectivity index (χ3v) is 6.16. The number of rotatable bonds is 9. The van der Waals surface area contributed by atoms with Crippen molar-refractivity contribution in [1.29, 1.82) is 0 Å². The molecule has 0 bridgehead atoms. The van der Waals surface area contributed by atoms with Crippen molar-refractivity contribution >= 4 is 21.6 Å². The van der Waals surface area contributed by atoms with Gasteiger partial charge < -0.3 is 10.1 Å². The van der Waals surface area contributed by atoms with Crippen molar-refractivity contribution in [1.82, 2.24) is 5.32 Å². The van der Waals surface area contributed by atoms with Crippen molar-refractivity contribution in [3.05, 3.63) is 95.6 Å². The van der Waals surface area contributed by atoms with Crippen LogP contribution in [0.25, 0.3) is 0 Å². The van der Waals surface area contributed by atoms with E-state index < -0.39 is 10.0 Å². The lowest BCUT2D eigenvalue weighted by atomic mass is 10.1. The van der Waals surface area contributed by atoms with E-state index >= 15 is 0 Å². The second-order valence-electron chi connectivity index (χ2n) is 7.74. The fourth-order valence-corrected chi connectivity index (χ4v) is 4.06. The molecule has 168 valence electrons. The van der Waals surface area contributed by atoms with E-state index in [9.17, 15) is 13.2 Å². The van der Waals surface area contributed by atoms with E-state index in [0.29, 0.717) is 18.0 Å². The molecule has 3 aromatic carbocycles. The largest absolute Gasteiger partial charge is 0.489 e. The van der Waals surface area contributed by atoms with Crippen molar-refractivity contribution < 1.29 is 17.9 Å². The minimum atomic E-state index is -3.66. The van der Waals surface area contributed by atoms with Crippen LogP contribution in [0.1, 0.15) is 29.7 Å². The highest BCUT2D eigenvalue weighted by Gasteiger charge is 2.22. The molecule has 7 heteroatoms. The maximum Gasteiger partial charge on any atom is 0.241 e. The summed E-state index contributed by atoms with van der Waals surface area (Å²) >= 11 is 0. The van der Waals surface area contributed by atoms with Crippen LogP contribution in [0.4, 0.5) is 5.69 Å². The van der Waals surface area contributed by atoms with Gasteiger partial charge in [-0.25, -0.2) is 8.42 Å². The van der Waals surface area contributed by atoms with Crippen LogP contribution < -0.4 is 14.4 Å². The van der Waals surface area contributed by atoms with E-state index in [1.807, 2.05) is 68.4 Å². The molecule has 0 saturated heterocycles. The number of sulfonamides is 1. The van der Waals surface area contributed by atoms with Gasteiger partial charge in [-0.1, -0.05) is 60.2 Å². The van der Waals surface area contributed by atoms with E-state index in [1.54, 1.807) is 24.3 Å². The lowest BCUT2D eigenvalue weighted by Crippen LogP contribution is -2.41. The number of hydrogen-bond donors (Lipinski definition) is 1. The van der Waals surface area contributed by atoms with Gasteiger partial charge in [-0.05, 0) is 49.2 Å². The molecular formula is C25H28N2O4S. The van der Waals surface area contributed by atoms with Crippen LogP contribution in [0.5, 0.6) is 5.75 Å². The van der Waals surface area contributed by atoms with Gasteiger partial charge in [0, 0.05) is 0 Å². The Balaban J connectivity index is 1.65. The monoisotopic (exact) mass is 452 g/mol. The smallest absolute Gasteiger partial charge is 0.241 e. The molecule has 0 spiro atoms. The van der Waals surface area contributed by atoms with Gasteiger partial charge in [0.25, 0.3) is 0 Å². The summed E-state index contributed by atoms with van der Waals surface area (Å²) in [5.41, 5.74) is 3.52. The zero-order valence-electron chi connectivity index (χ0n) is 18.5. The van der Waals surface area contributed by atoms with Crippen molar-refractivity contribution in [2.75, 3.05) is 17.1 Å². The standard InChI is InChI=1S/C25H28N2O4S/c1-19-9-11-22(12-10-19)20(2)26-25(28)17-27(32(3,29)30)23-13-15-24(16-14-23)31-18-21-7-5-4-6-8-21/h4-16,20H,17-18H2,1-3H3,(H,26,28)/t20-/m1/s1. The summed E-state index contributed by atoms with van der Waals surface area (Å²) < 4.78 is 31.6. The summed E-state index contributed by atoms with van der Waals surface area (Å²) in [6, 6.07) is 24.0. The van der Waals surface area contributed by atoms with Crippen LogP contribution in [0.3, 0.4) is 0 Å². The Morgan fingerprint density at radius 2 is 1.59 bits per heavy atom. The molecule has 0 radical (unpaired) electrons. The molecule has 1 N–H and O–H groups in total. The van der Waals surface area contributed by atoms with E-state index in [-0.39, 0.29) is 18.5 Å². The quantitative estimate of drug-likeness (QED) is 0.528. The summed E-state index contributed by atoms with van der Waals surface area (Å²) in [4.78, 5) is 12.6. The lowest BCUT2D eigenvalue weighted by Gasteiger charge is -2.23. The molecule has 0 unspecified atom stereocenters. The first kappa shape index (κ1) is 23.3. The highest BCUT2D eigenvalue weighted by atomic mass is 32.2. The van der Waals surface area contributed by atoms with Gasteiger partial charge in [-0.15, -0.1) is 0 Å². The van der Waals surface area contributed by atoms with Gasteiger partial charge in [0.2, 0.25) is 15.9 Å². The zero-order chi connectivity index (χ0) is 23.1. The number of anilines is 1. The fourth-order valence-electron chi connectivity index (χ4n) is 3.21. The maximum absolute atomic E-state index is 12.6. The SMILES string of the molecule is Cc1ccc([C@@H](C)NC(=O)CN(c2ccc(OCc3ccccc3)cc2)S(C)(=O)=O)cc1. The zero-order valence-corrected chi connectivity index (χ0v) is 19.3. The summed E-state index contributed by atoms with van der Waals surface area (Å²) in [6.07, 6.45) is 1.09. The second-order valence-corrected chi connectivity index (χ2v) is 9.64. The minimum absolute atomic E-state index is 0.238. The summed E-state index contributed by atoms with van der Waals surface area (Å²) in [5.74, 6) is 0.233. The van der Waals surface area contributed by atoms with Gasteiger partial charge in [0.05, 0.1) is 18.0 Å². The Morgan fingerprint density at radius 1 is 0.969 bits per heavy atom. The van der Waals surface area contributed by atoms with Gasteiger partial charge in [-0.3, -0.25) is 9.10 Å².